The van der Waals surface area contributed by atoms with Crippen LogP contribution in [0.2, 0.25) is 0 Å². The van der Waals surface area contributed by atoms with E-state index < -0.39 is 5.60 Å². The number of ether oxygens (including phenoxy) is 1. The average molecular weight is 495 g/mol. The van der Waals surface area contributed by atoms with Crippen LogP contribution in [0.5, 0.6) is 0 Å². The van der Waals surface area contributed by atoms with Gasteiger partial charge in [-0.15, -0.1) is 0 Å². The summed E-state index contributed by atoms with van der Waals surface area (Å²) in [4.78, 5) is 22.0. The highest BCUT2D eigenvalue weighted by Gasteiger charge is 2.28. The number of nitrogens with one attached hydrogen (secondary N) is 1. The topological polar surface area (TPSA) is 99.8 Å². The summed E-state index contributed by atoms with van der Waals surface area (Å²) in [7, 11) is 0. The summed E-state index contributed by atoms with van der Waals surface area (Å²) >= 11 is 0. The van der Waals surface area contributed by atoms with Crippen LogP contribution in [0.4, 0.5) is 4.79 Å². The largest absolute Gasteiger partial charge is 0.444 e. The molecule has 3 aromatic heterocycles. The summed E-state index contributed by atoms with van der Waals surface area (Å²) in [5.74, 6) is 0. The number of fused-ring (bicyclic) bond motifs is 1. The van der Waals surface area contributed by atoms with Crippen molar-refractivity contribution in [2.24, 2.45) is 0 Å². The van der Waals surface area contributed by atoms with Gasteiger partial charge >= 0.3 is 6.09 Å². The monoisotopic (exact) mass is 494 g/mol. The van der Waals surface area contributed by atoms with Gasteiger partial charge in [0.1, 0.15) is 11.2 Å². The number of H-pyrrole nitrogens is 1. The molecule has 1 aromatic carbocycles. The van der Waals surface area contributed by atoms with E-state index in [-0.39, 0.29) is 12.1 Å². The molecule has 0 bridgehead atoms. The van der Waals surface area contributed by atoms with Gasteiger partial charge in [0.2, 0.25) is 0 Å². The van der Waals surface area contributed by atoms with E-state index in [4.69, 9.17) is 4.74 Å². The summed E-state index contributed by atoms with van der Waals surface area (Å²) in [6.07, 6.45) is 10.9. The van der Waals surface area contributed by atoms with Crippen molar-refractivity contribution in [1.82, 2.24) is 24.6 Å². The number of pyridine rings is 1. The summed E-state index contributed by atoms with van der Waals surface area (Å²) in [5, 5.41) is 15.3. The molecule has 0 spiro atoms. The van der Waals surface area contributed by atoms with Gasteiger partial charge in [-0.25, -0.2) is 9.78 Å². The summed E-state index contributed by atoms with van der Waals surface area (Å²) in [5.41, 5.74) is 4.59. The first-order valence-corrected chi connectivity index (χ1v) is 12.5. The SMILES string of the molecule is CC(C)(C)OC(=O)N1CCC(n2cc(-c3cnc4[nH]cc(/C=C(\C#N)c5ccccc5)c4c3)cn2)CC1. The van der Waals surface area contributed by atoms with Gasteiger partial charge in [-0.2, -0.15) is 10.4 Å². The lowest BCUT2D eigenvalue weighted by atomic mass is 10.0. The van der Waals surface area contributed by atoms with E-state index in [9.17, 15) is 10.1 Å². The molecule has 1 N–H and O–H groups in total. The van der Waals surface area contributed by atoms with Gasteiger partial charge in [-0.3, -0.25) is 4.68 Å². The van der Waals surface area contributed by atoms with Crippen molar-refractivity contribution in [2.75, 3.05) is 13.1 Å². The molecule has 0 atom stereocenters. The zero-order chi connectivity index (χ0) is 26.0. The maximum atomic E-state index is 12.4. The number of carbonyl (C=O) groups is 1. The van der Waals surface area contributed by atoms with Crippen molar-refractivity contribution < 1.29 is 9.53 Å². The second-order valence-corrected chi connectivity index (χ2v) is 10.3. The molecule has 8 heteroatoms. The minimum Gasteiger partial charge on any atom is -0.444 e. The molecule has 1 amide bonds. The Morgan fingerprint density at radius 1 is 1.16 bits per heavy atom. The summed E-state index contributed by atoms with van der Waals surface area (Å²) < 4.78 is 7.50. The predicted octanol–water partition coefficient (Wildman–Crippen LogP) is 6.06. The predicted molar refractivity (Wildman–Crippen MR) is 143 cm³/mol. The number of nitrogens with zero attached hydrogens (tertiary/aromatic N) is 5. The van der Waals surface area contributed by atoms with Gasteiger partial charge in [0, 0.05) is 53.8 Å². The third-order valence-electron chi connectivity index (χ3n) is 6.49. The molecular formula is C29H30N6O2. The van der Waals surface area contributed by atoms with E-state index in [1.807, 2.05) is 86.6 Å². The van der Waals surface area contributed by atoms with Gasteiger partial charge < -0.3 is 14.6 Å². The van der Waals surface area contributed by atoms with E-state index in [1.165, 1.54) is 0 Å². The fourth-order valence-corrected chi connectivity index (χ4v) is 4.58. The maximum Gasteiger partial charge on any atom is 0.410 e. The lowest BCUT2D eigenvalue weighted by Gasteiger charge is -2.33. The number of hydrogen-bond acceptors (Lipinski definition) is 5. The molecule has 0 aliphatic carbocycles. The van der Waals surface area contributed by atoms with E-state index in [2.05, 4.69) is 27.2 Å². The van der Waals surface area contributed by atoms with Gasteiger partial charge in [-0.1, -0.05) is 30.3 Å². The van der Waals surface area contributed by atoms with Crippen LogP contribution in [-0.4, -0.2) is 49.4 Å². The molecule has 1 aliphatic heterocycles. The Kier molecular flexibility index (Phi) is 6.53. The van der Waals surface area contributed by atoms with Crippen LogP contribution >= 0.6 is 0 Å². The Morgan fingerprint density at radius 3 is 2.62 bits per heavy atom. The number of rotatable bonds is 4. The Bertz CT molecular complexity index is 1480. The molecule has 5 rings (SSSR count). The normalized spacial score (nSPS) is 15.1. The number of benzene rings is 1. The van der Waals surface area contributed by atoms with Crippen LogP contribution in [0, 0.1) is 11.3 Å². The molecule has 4 heterocycles. The Balaban J connectivity index is 1.33. The van der Waals surface area contributed by atoms with Crippen molar-refractivity contribution in [1.29, 1.82) is 5.26 Å². The third-order valence-corrected chi connectivity index (χ3v) is 6.49. The van der Waals surface area contributed by atoms with Crippen molar-refractivity contribution in [3.63, 3.8) is 0 Å². The molecule has 1 aliphatic rings. The summed E-state index contributed by atoms with van der Waals surface area (Å²) in [6, 6.07) is 14.3. The lowest BCUT2D eigenvalue weighted by molar-refractivity contribution is 0.0185. The molecule has 1 fully saturated rings. The van der Waals surface area contributed by atoms with Crippen LogP contribution in [0.1, 0.15) is 50.8 Å². The van der Waals surface area contributed by atoms with Gasteiger partial charge in [0.05, 0.1) is 23.9 Å². The number of piperidine rings is 1. The quantitative estimate of drug-likeness (QED) is 0.348. The number of nitriles is 1. The van der Waals surface area contributed by atoms with Crippen molar-refractivity contribution in [3.05, 3.63) is 72.3 Å². The van der Waals surface area contributed by atoms with E-state index in [0.29, 0.717) is 18.7 Å². The van der Waals surface area contributed by atoms with Crippen molar-refractivity contribution in [3.8, 4) is 17.2 Å². The zero-order valence-electron chi connectivity index (χ0n) is 21.3. The number of aromatic nitrogens is 4. The second kappa shape index (κ2) is 9.94. The van der Waals surface area contributed by atoms with Crippen LogP contribution in [0.25, 0.3) is 33.8 Å². The first-order chi connectivity index (χ1) is 17.8. The first-order valence-electron chi connectivity index (χ1n) is 12.5. The molecule has 0 saturated carbocycles. The molecule has 0 unspecified atom stereocenters. The molecule has 37 heavy (non-hydrogen) atoms. The molecular weight excluding hydrogens is 464 g/mol. The highest BCUT2D eigenvalue weighted by Crippen LogP contribution is 2.29. The van der Waals surface area contributed by atoms with Crippen LogP contribution in [-0.2, 0) is 4.74 Å². The fourth-order valence-electron chi connectivity index (χ4n) is 4.58. The minimum atomic E-state index is -0.493. The van der Waals surface area contributed by atoms with Gasteiger partial charge in [0.15, 0.2) is 0 Å². The second-order valence-electron chi connectivity index (χ2n) is 10.3. The molecule has 4 aromatic rings. The van der Waals surface area contributed by atoms with Gasteiger partial charge in [0.25, 0.3) is 0 Å². The average Bonchev–Trinajstić information content (AvgIpc) is 3.54. The standard InChI is InChI=1S/C29H30N6O2/c1-29(2,3)37-28(36)34-11-9-25(10-12-34)35-19-24(18-33-35)22-14-26-23(17-32-27(26)31-16-22)13-21(15-30)20-7-5-4-6-8-20/h4-8,13-14,16-19,25H,9-12H2,1-3H3,(H,31,32)/b21-13+. The highest BCUT2D eigenvalue weighted by atomic mass is 16.6. The lowest BCUT2D eigenvalue weighted by Crippen LogP contribution is -2.42. The van der Waals surface area contributed by atoms with Crippen LogP contribution in [0.15, 0.2) is 61.2 Å². The smallest absolute Gasteiger partial charge is 0.410 e. The van der Waals surface area contributed by atoms with E-state index in [1.54, 1.807) is 4.90 Å². The number of carbonyl (C=O) groups excluding carboxylic acids is 1. The number of amides is 1. The Hall–Kier alpha value is -4.38. The van der Waals surface area contributed by atoms with Crippen LogP contribution < -0.4 is 0 Å². The molecule has 0 radical (unpaired) electrons. The summed E-state index contributed by atoms with van der Waals surface area (Å²) in [6.45, 7) is 6.93. The Labute approximate surface area is 216 Å². The third kappa shape index (κ3) is 5.41. The maximum absolute atomic E-state index is 12.4. The number of likely N-dealkylation sites (tertiary alicyclic amines) is 1. The minimum absolute atomic E-state index is 0.221. The highest BCUT2D eigenvalue weighted by molar-refractivity contribution is 5.97. The van der Waals surface area contributed by atoms with Crippen LogP contribution in [0.3, 0.4) is 0 Å². The number of hydrogen-bond donors (Lipinski definition) is 1. The first kappa shape index (κ1) is 24.3. The Morgan fingerprint density at radius 2 is 1.92 bits per heavy atom. The molecule has 188 valence electrons. The van der Waals surface area contributed by atoms with Crippen molar-refractivity contribution >= 4 is 28.8 Å². The van der Waals surface area contributed by atoms with E-state index in [0.717, 1.165) is 46.1 Å². The van der Waals surface area contributed by atoms with Gasteiger partial charge in [-0.05, 0) is 51.3 Å². The molecule has 1 saturated heterocycles. The van der Waals surface area contributed by atoms with E-state index >= 15 is 0 Å². The number of aromatic amines is 1. The zero-order valence-corrected chi connectivity index (χ0v) is 21.3. The van der Waals surface area contributed by atoms with Crippen molar-refractivity contribution in [2.45, 2.75) is 45.3 Å². The molecule has 8 nitrogen and oxygen atoms in total. The number of allylic oxidation sites excluding steroid dienone is 1. The fraction of sp³-hybridized carbons (Fsp3) is 0.310.